The zero-order valence-electron chi connectivity index (χ0n) is 7.76. The van der Waals surface area contributed by atoms with E-state index in [0.717, 1.165) is 36.7 Å². The predicted octanol–water partition coefficient (Wildman–Crippen LogP) is 1.64. The first-order valence-electron chi connectivity index (χ1n) is 4.60. The van der Waals surface area contributed by atoms with Crippen LogP contribution in [0.4, 0.5) is 11.4 Å². The van der Waals surface area contributed by atoms with Crippen LogP contribution in [-0.4, -0.2) is 13.2 Å². The van der Waals surface area contributed by atoms with Crippen LogP contribution in [0.25, 0.3) is 0 Å². The first kappa shape index (κ1) is 8.23. The zero-order valence-corrected chi connectivity index (χ0v) is 7.76. The van der Waals surface area contributed by atoms with Gasteiger partial charge >= 0.3 is 0 Å². The summed E-state index contributed by atoms with van der Waals surface area (Å²) in [6.07, 6.45) is 0.953. The summed E-state index contributed by atoms with van der Waals surface area (Å²) >= 11 is 0. The van der Waals surface area contributed by atoms with Gasteiger partial charge in [0.1, 0.15) is 12.4 Å². The van der Waals surface area contributed by atoms with Crippen molar-refractivity contribution in [1.29, 1.82) is 0 Å². The van der Waals surface area contributed by atoms with Crippen molar-refractivity contribution < 1.29 is 4.74 Å². The summed E-state index contributed by atoms with van der Waals surface area (Å²) in [7, 11) is 0. The minimum absolute atomic E-state index is 0.740. The van der Waals surface area contributed by atoms with Crippen LogP contribution in [0, 0.1) is 0 Å². The molecule has 0 amide bonds. The Morgan fingerprint density at radius 3 is 3.15 bits per heavy atom. The first-order valence-corrected chi connectivity index (χ1v) is 4.60. The number of anilines is 2. The quantitative estimate of drug-likeness (QED) is 0.642. The van der Waals surface area contributed by atoms with E-state index in [2.05, 4.69) is 12.2 Å². The molecule has 0 aliphatic carbocycles. The van der Waals surface area contributed by atoms with Gasteiger partial charge in [0.25, 0.3) is 0 Å². The van der Waals surface area contributed by atoms with Gasteiger partial charge < -0.3 is 15.8 Å². The summed E-state index contributed by atoms with van der Waals surface area (Å²) in [6.45, 7) is 3.70. The van der Waals surface area contributed by atoms with E-state index in [1.165, 1.54) is 5.56 Å². The summed E-state index contributed by atoms with van der Waals surface area (Å²) in [4.78, 5) is 0. The number of benzene rings is 1. The molecular weight excluding hydrogens is 164 g/mol. The average Bonchev–Trinajstić information content (AvgIpc) is 2.16. The third-order valence-electron chi connectivity index (χ3n) is 2.23. The minimum Gasteiger partial charge on any atom is -0.489 e. The molecule has 0 saturated heterocycles. The monoisotopic (exact) mass is 178 g/mol. The van der Waals surface area contributed by atoms with E-state index in [9.17, 15) is 0 Å². The van der Waals surface area contributed by atoms with Crippen LogP contribution in [0.1, 0.15) is 12.5 Å². The van der Waals surface area contributed by atoms with E-state index < -0.39 is 0 Å². The minimum atomic E-state index is 0.740. The molecule has 3 heteroatoms. The molecule has 1 aromatic rings. The summed E-state index contributed by atoms with van der Waals surface area (Å²) in [5.74, 6) is 0.975. The van der Waals surface area contributed by atoms with Crippen LogP contribution in [0.2, 0.25) is 0 Å². The number of hydrogen-bond donors (Lipinski definition) is 2. The molecule has 0 unspecified atom stereocenters. The highest BCUT2D eigenvalue weighted by Crippen LogP contribution is 2.33. The number of fused-ring (bicyclic) bond motifs is 1. The molecule has 1 aromatic carbocycles. The molecule has 70 valence electrons. The van der Waals surface area contributed by atoms with Crippen molar-refractivity contribution in [2.75, 3.05) is 24.2 Å². The van der Waals surface area contributed by atoms with Crippen molar-refractivity contribution in [3.63, 3.8) is 0 Å². The number of nitrogens with one attached hydrogen (secondary N) is 1. The molecule has 3 nitrogen and oxygen atoms in total. The van der Waals surface area contributed by atoms with Crippen LogP contribution < -0.4 is 15.8 Å². The van der Waals surface area contributed by atoms with Crippen molar-refractivity contribution in [2.24, 2.45) is 0 Å². The molecule has 2 rings (SSSR count). The lowest BCUT2D eigenvalue weighted by Gasteiger charge is -2.22. The molecule has 1 heterocycles. The molecule has 1 aliphatic heterocycles. The lowest BCUT2D eigenvalue weighted by atomic mass is 10.1. The van der Waals surface area contributed by atoms with Gasteiger partial charge in [-0.3, -0.25) is 0 Å². The molecule has 0 aromatic heterocycles. The molecule has 0 fully saturated rings. The third-order valence-corrected chi connectivity index (χ3v) is 2.23. The summed E-state index contributed by atoms with van der Waals surface area (Å²) < 4.78 is 5.58. The maximum Gasteiger partial charge on any atom is 0.145 e. The van der Waals surface area contributed by atoms with Gasteiger partial charge in [0.2, 0.25) is 0 Å². The van der Waals surface area contributed by atoms with Crippen molar-refractivity contribution in [3.8, 4) is 5.75 Å². The van der Waals surface area contributed by atoms with Crippen molar-refractivity contribution in [3.05, 3.63) is 17.7 Å². The third kappa shape index (κ3) is 1.41. The number of hydrogen-bond acceptors (Lipinski definition) is 3. The highest BCUT2D eigenvalue weighted by molar-refractivity contribution is 5.68. The second-order valence-electron chi connectivity index (χ2n) is 3.19. The van der Waals surface area contributed by atoms with Crippen molar-refractivity contribution >= 4 is 11.4 Å². The fraction of sp³-hybridized carbons (Fsp3) is 0.400. The lowest BCUT2D eigenvalue weighted by molar-refractivity contribution is 0.320. The Hall–Kier alpha value is -1.38. The van der Waals surface area contributed by atoms with E-state index in [-0.39, 0.29) is 0 Å². The van der Waals surface area contributed by atoms with Gasteiger partial charge in [-0.05, 0) is 24.1 Å². The fourth-order valence-electron chi connectivity index (χ4n) is 1.62. The molecule has 0 bridgehead atoms. The molecule has 0 atom stereocenters. The van der Waals surface area contributed by atoms with Crippen LogP contribution in [-0.2, 0) is 6.42 Å². The number of rotatable bonds is 1. The van der Waals surface area contributed by atoms with Gasteiger partial charge in [0.05, 0.1) is 5.69 Å². The number of aryl methyl sites for hydroxylation is 1. The molecule has 13 heavy (non-hydrogen) atoms. The van der Waals surface area contributed by atoms with E-state index in [1.54, 1.807) is 0 Å². The average molecular weight is 178 g/mol. The second kappa shape index (κ2) is 3.17. The Morgan fingerprint density at radius 1 is 1.54 bits per heavy atom. The smallest absolute Gasteiger partial charge is 0.145 e. The van der Waals surface area contributed by atoms with Gasteiger partial charge in [0.15, 0.2) is 0 Å². The first-order chi connectivity index (χ1) is 6.31. The Balaban J connectivity index is 2.50. The normalized spacial score (nSPS) is 14.2. The molecule has 0 spiro atoms. The number of nitrogen functional groups attached to an aromatic ring is 1. The van der Waals surface area contributed by atoms with E-state index in [0.29, 0.717) is 0 Å². The Morgan fingerprint density at radius 2 is 2.38 bits per heavy atom. The number of ether oxygens (including phenoxy) is 1. The predicted molar refractivity (Wildman–Crippen MR) is 54.2 cm³/mol. The number of nitrogens with two attached hydrogens (primary N) is 1. The SMILES string of the molecule is CCc1cc(N)cc2c1OCCN2. The second-order valence-corrected chi connectivity index (χ2v) is 3.19. The maximum absolute atomic E-state index is 5.76. The molecule has 3 N–H and O–H groups in total. The molecule has 0 radical (unpaired) electrons. The Kier molecular flexibility index (Phi) is 2.00. The molecule has 0 saturated carbocycles. The van der Waals surface area contributed by atoms with Crippen LogP contribution in [0.3, 0.4) is 0 Å². The maximum atomic E-state index is 5.76. The Bertz CT molecular complexity index is 306. The highest BCUT2D eigenvalue weighted by atomic mass is 16.5. The standard InChI is InChI=1S/C10H14N2O/c1-2-7-5-8(11)6-9-10(7)13-4-3-12-9/h5-6,12H,2-4,11H2,1H3. The van der Waals surface area contributed by atoms with E-state index in [1.807, 2.05) is 12.1 Å². The van der Waals surface area contributed by atoms with Gasteiger partial charge in [-0.1, -0.05) is 6.92 Å². The van der Waals surface area contributed by atoms with Gasteiger partial charge in [0, 0.05) is 12.2 Å². The Labute approximate surface area is 77.9 Å². The van der Waals surface area contributed by atoms with Gasteiger partial charge in [-0.15, -0.1) is 0 Å². The summed E-state index contributed by atoms with van der Waals surface area (Å²) in [6, 6.07) is 3.90. The molecular formula is C10H14N2O. The van der Waals surface area contributed by atoms with E-state index in [4.69, 9.17) is 10.5 Å². The zero-order chi connectivity index (χ0) is 9.26. The summed E-state index contributed by atoms with van der Waals surface area (Å²) in [5, 5.41) is 3.27. The van der Waals surface area contributed by atoms with Crippen molar-refractivity contribution in [1.82, 2.24) is 0 Å². The van der Waals surface area contributed by atoms with Crippen molar-refractivity contribution in [2.45, 2.75) is 13.3 Å². The van der Waals surface area contributed by atoms with Gasteiger partial charge in [-0.2, -0.15) is 0 Å². The fourth-order valence-corrected chi connectivity index (χ4v) is 1.62. The van der Waals surface area contributed by atoms with Gasteiger partial charge in [-0.25, -0.2) is 0 Å². The lowest BCUT2D eigenvalue weighted by Crippen LogP contribution is -2.19. The largest absolute Gasteiger partial charge is 0.489 e. The van der Waals surface area contributed by atoms with E-state index >= 15 is 0 Å². The van der Waals surface area contributed by atoms with Crippen LogP contribution in [0.15, 0.2) is 12.1 Å². The topological polar surface area (TPSA) is 47.3 Å². The molecule has 1 aliphatic rings. The summed E-state index contributed by atoms with van der Waals surface area (Å²) in [5.41, 5.74) is 8.78. The van der Waals surface area contributed by atoms with Crippen LogP contribution in [0.5, 0.6) is 5.75 Å². The van der Waals surface area contributed by atoms with Crippen LogP contribution >= 0.6 is 0 Å². The highest BCUT2D eigenvalue weighted by Gasteiger charge is 2.13.